The zero-order valence-electron chi connectivity index (χ0n) is 18.4. The highest BCUT2D eigenvalue weighted by molar-refractivity contribution is 7.89. The number of carbonyl (C=O) groups is 1. The van der Waals surface area contributed by atoms with Crippen LogP contribution >= 0.6 is 0 Å². The van der Waals surface area contributed by atoms with Crippen molar-refractivity contribution < 1.29 is 27.6 Å². The number of rotatable bonds is 10. The second-order valence-electron chi connectivity index (χ2n) is 7.18. The molecule has 34 heavy (non-hydrogen) atoms. The summed E-state index contributed by atoms with van der Waals surface area (Å²) in [5.41, 5.74) is 0.683. The van der Waals surface area contributed by atoms with Gasteiger partial charge in [0.2, 0.25) is 15.9 Å². The Morgan fingerprint density at radius 3 is 2.32 bits per heavy atom. The number of ether oxygens (including phenoxy) is 2. The molecule has 0 aliphatic carbocycles. The number of carbonyl (C=O) groups excluding carboxylic acids is 1. The van der Waals surface area contributed by atoms with Gasteiger partial charge in [-0.1, -0.05) is 36.4 Å². The number of hydrogen-bond acceptors (Lipinski definition) is 7. The van der Waals surface area contributed by atoms with Gasteiger partial charge in [0.05, 0.1) is 24.0 Å². The summed E-state index contributed by atoms with van der Waals surface area (Å²) in [6.45, 7) is 0. The van der Waals surface area contributed by atoms with Crippen molar-refractivity contribution in [2.75, 3.05) is 19.5 Å². The number of nitro groups is 1. The second-order valence-corrected chi connectivity index (χ2v) is 8.89. The maximum Gasteiger partial charge on any atom is 0.271 e. The van der Waals surface area contributed by atoms with Crippen molar-refractivity contribution in [1.29, 1.82) is 0 Å². The van der Waals surface area contributed by atoms with Gasteiger partial charge in [0, 0.05) is 23.9 Å². The molecule has 3 aromatic carbocycles. The van der Waals surface area contributed by atoms with E-state index in [1.54, 1.807) is 30.3 Å². The third-order valence-electron chi connectivity index (χ3n) is 4.89. The maximum atomic E-state index is 13.1. The minimum absolute atomic E-state index is 0.0497. The smallest absolute Gasteiger partial charge is 0.271 e. The Morgan fingerprint density at radius 1 is 0.971 bits per heavy atom. The van der Waals surface area contributed by atoms with Crippen LogP contribution in [0, 0.1) is 10.1 Å². The molecular weight excluding hydrogens is 462 g/mol. The van der Waals surface area contributed by atoms with E-state index in [9.17, 15) is 23.3 Å². The summed E-state index contributed by atoms with van der Waals surface area (Å²) >= 11 is 0. The zero-order chi connectivity index (χ0) is 24.7. The molecule has 0 bridgehead atoms. The lowest BCUT2D eigenvalue weighted by Gasteiger charge is -2.19. The Labute approximate surface area is 196 Å². The first-order chi connectivity index (χ1) is 16.2. The number of amides is 1. The minimum Gasteiger partial charge on any atom is -0.493 e. The van der Waals surface area contributed by atoms with E-state index in [0.717, 1.165) is 5.56 Å². The summed E-state index contributed by atoms with van der Waals surface area (Å²) in [5.74, 6) is -0.106. The fourth-order valence-electron chi connectivity index (χ4n) is 3.20. The van der Waals surface area contributed by atoms with Crippen molar-refractivity contribution in [2.45, 2.75) is 17.4 Å². The monoisotopic (exact) mass is 485 g/mol. The highest BCUT2D eigenvalue weighted by atomic mass is 32.2. The third-order valence-corrected chi connectivity index (χ3v) is 6.36. The number of non-ortho nitro benzene ring substituents is 1. The number of hydrogen-bond donors (Lipinski definition) is 2. The van der Waals surface area contributed by atoms with Crippen LogP contribution in [-0.4, -0.2) is 39.5 Å². The molecule has 2 N–H and O–H groups in total. The molecule has 178 valence electrons. The first kappa shape index (κ1) is 24.7. The van der Waals surface area contributed by atoms with E-state index in [-0.39, 0.29) is 28.4 Å². The van der Waals surface area contributed by atoms with Gasteiger partial charge in [-0.05, 0) is 30.2 Å². The van der Waals surface area contributed by atoms with E-state index in [1.165, 1.54) is 56.7 Å². The van der Waals surface area contributed by atoms with Crippen LogP contribution in [0.5, 0.6) is 11.5 Å². The molecule has 0 aromatic heterocycles. The summed E-state index contributed by atoms with van der Waals surface area (Å²) in [4.78, 5) is 23.4. The molecule has 0 spiro atoms. The van der Waals surface area contributed by atoms with E-state index < -0.39 is 26.9 Å². The van der Waals surface area contributed by atoms with Crippen molar-refractivity contribution in [3.63, 3.8) is 0 Å². The van der Waals surface area contributed by atoms with E-state index in [0.29, 0.717) is 5.75 Å². The third kappa shape index (κ3) is 6.09. The lowest BCUT2D eigenvalue weighted by atomic mass is 10.1. The molecule has 0 saturated carbocycles. The summed E-state index contributed by atoms with van der Waals surface area (Å²) in [5, 5.41) is 13.6. The van der Waals surface area contributed by atoms with Gasteiger partial charge in [-0.25, -0.2) is 8.42 Å². The summed E-state index contributed by atoms with van der Waals surface area (Å²) in [7, 11) is -1.34. The number of benzene rings is 3. The van der Waals surface area contributed by atoms with Gasteiger partial charge in [-0.15, -0.1) is 0 Å². The normalized spacial score (nSPS) is 11.9. The van der Waals surface area contributed by atoms with Gasteiger partial charge < -0.3 is 14.8 Å². The molecule has 0 heterocycles. The van der Waals surface area contributed by atoms with Crippen molar-refractivity contribution in [3.8, 4) is 11.5 Å². The molecule has 0 fully saturated rings. The molecule has 0 aliphatic rings. The molecule has 0 aliphatic heterocycles. The fourth-order valence-corrected chi connectivity index (χ4v) is 4.41. The lowest BCUT2D eigenvalue weighted by Crippen LogP contribution is -2.45. The number of sulfonamides is 1. The fraction of sp³-hybridized carbons (Fsp3) is 0.174. The molecular formula is C23H23N3O7S. The van der Waals surface area contributed by atoms with Crippen LogP contribution in [0.1, 0.15) is 5.56 Å². The van der Waals surface area contributed by atoms with Crippen molar-refractivity contribution in [3.05, 3.63) is 88.5 Å². The molecule has 1 atom stereocenters. The first-order valence-corrected chi connectivity index (χ1v) is 11.6. The number of methoxy groups -OCH3 is 2. The van der Waals surface area contributed by atoms with Crippen molar-refractivity contribution in [1.82, 2.24) is 4.72 Å². The standard InChI is InChI=1S/C23H23N3O7S/c1-32-21-12-11-19(15-22(21)33-2)34(30,31)25-20(13-16-7-4-3-5-8-16)23(27)24-17-9-6-10-18(14-17)26(28)29/h3-12,14-15,20,25H,13H2,1-2H3,(H,24,27)/t20-/m1/s1. The van der Waals surface area contributed by atoms with Gasteiger partial charge in [-0.2, -0.15) is 4.72 Å². The van der Waals surface area contributed by atoms with Crippen LogP contribution < -0.4 is 19.5 Å². The molecule has 0 saturated heterocycles. The topological polar surface area (TPSA) is 137 Å². The Bertz CT molecular complexity index is 1280. The molecule has 10 nitrogen and oxygen atoms in total. The highest BCUT2D eigenvalue weighted by Crippen LogP contribution is 2.29. The SMILES string of the molecule is COc1ccc(S(=O)(=O)N[C@H](Cc2ccccc2)C(=O)Nc2cccc([N+](=O)[O-])c2)cc1OC. The predicted octanol–water partition coefficient (Wildman–Crippen LogP) is 3.14. The molecule has 11 heteroatoms. The van der Waals surface area contributed by atoms with Crippen LogP contribution in [0.2, 0.25) is 0 Å². The van der Waals surface area contributed by atoms with Crippen molar-refractivity contribution >= 4 is 27.3 Å². The minimum atomic E-state index is -4.15. The molecule has 3 rings (SSSR count). The Balaban J connectivity index is 1.90. The molecule has 0 radical (unpaired) electrons. The lowest BCUT2D eigenvalue weighted by molar-refractivity contribution is -0.384. The van der Waals surface area contributed by atoms with Crippen LogP contribution in [0.25, 0.3) is 0 Å². The molecule has 1 amide bonds. The number of nitrogens with one attached hydrogen (secondary N) is 2. The van der Waals surface area contributed by atoms with Crippen LogP contribution in [0.15, 0.2) is 77.7 Å². The van der Waals surface area contributed by atoms with Crippen LogP contribution in [0.3, 0.4) is 0 Å². The van der Waals surface area contributed by atoms with Crippen LogP contribution in [0.4, 0.5) is 11.4 Å². The van der Waals surface area contributed by atoms with Crippen molar-refractivity contribution in [2.24, 2.45) is 0 Å². The van der Waals surface area contributed by atoms with Gasteiger partial charge in [0.25, 0.3) is 5.69 Å². The van der Waals surface area contributed by atoms with E-state index in [1.807, 2.05) is 0 Å². The largest absolute Gasteiger partial charge is 0.493 e. The number of nitrogens with zero attached hydrogens (tertiary/aromatic N) is 1. The Hall–Kier alpha value is -3.96. The molecule has 3 aromatic rings. The summed E-state index contributed by atoms with van der Waals surface area (Å²) in [6.07, 6.45) is 0.0497. The highest BCUT2D eigenvalue weighted by Gasteiger charge is 2.27. The van der Waals surface area contributed by atoms with Gasteiger partial charge >= 0.3 is 0 Å². The Morgan fingerprint density at radius 2 is 1.68 bits per heavy atom. The maximum absolute atomic E-state index is 13.1. The number of anilines is 1. The second kappa shape index (κ2) is 10.8. The average Bonchev–Trinajstić information content (AvgIpc) is 2.83. The van der Waals surface area contributed by atoms with Crippen LogP contribution in [-0.2, 0) is 21.2 Å². The zero-order valence-corrected chi connectivity index (χ0v) is 19.2. The quantitative estimate of drug-likeness (QED) is 0.332. The van der Waals surface area contributed by atoms with Gasteiger partial charge in [-0.3, -0.25) is 14.9 Å². The summed E-state index contributed by atoms with van der Waals surface area (Å²) in [6, 6.07) is 17.1. The van der Waals surface area contributed by atoms with E-state index in [2.05, 4.69) is 10.0 Å². The van der Waals surface area contributed by atoms with Gasteiger partial charge in [0.1, 0.15) is 6.04 Å². The predicted molar refractivity (Wildman–Crippen MR) is 126 cm³/mol. The average molecular weight is 486 g/mol. The van der Waals surface area contributed by atoms with Gasteiger partial charge in [0.15, 0.2) is 11.5 Å². The first-order valence-electron chi connectivity index (χ1n) is 10.1. The molecule has 0 unspecified atom stereocenters. The summed E-state index contributed by atoms with van der Waals surface area (Å²) < 4.78 is 39.0. The van der Waals surface area contributed by atoms with E-state index in [4.69, 9.17) is 9.47 Å². The Kier molecular flexibility index (Phi) is 7.82. The number of nitro benzene ring substituents is 1. The van der Waals surface area contributed by atoms with E-state index >= 15 is 0 Å².